The van der Waals surface area contributed by atoms with E-state index in [2.05, 4.69) is 5.32 Å². The molecular formula is C22H21N3O2S. The lowest BCUT2D eigenvalue weighted by Crippen LogP contribution is -2.39. The third-order valence-corrected chi connectivity index (χ3v) is 5.99. The van der Waals surface area contributed by atoms with Gasteiger partial charge in [0.05, 0.1) is 10.6 Å². The van der Waals surface area contributed by atoms with Crippen molar-refractivity contribution >= 4 is 28.3 Å². The summed E-state index contributed by atoms with van der Waals surface area (Å²) in [5.41, 5.74) is 2.92. The van der Waals surface area contributed by atoms with Gasteiger partial charge in [-0.15, -0.1) is 0 Å². The molecule has 1 fully saturated rings. The Morgan fingerprint density at radius 3 is 2.36 bits per heavy atom. The summed E-state index contributed by atoms with van der Waals surface area (Å²) in [6, 6.07) is 20.0. The molecule has 1 aliphatic heterocycles. The van der Waals surface area contributed by atoms with E-state index in [1.807, 2.05) is 60.7 Å². The molecule has 2 amide bonds. The molecule has 2 heterocycles. The van der Waals surface area contributed by atoms with Gasteiger partial charge in [0.25, 0.3) is 0 Å². The number of piperidine rings is 1. The number of amides is 2. The van der Waals surface area contributed by atoms with Crippen molar-refractivity contribution in [2.45, 2.75) is 12.8 Å². The largest absolute Gasteiger partial charge is 0.346 e. The summed E-state index contributed by atoms with van der Waals surface area (Å²) < 4.78 is 0. The van der Waals surface area contributed by atoms with Crippen molar-refractivity contribution in [3.63, 3.8) is 0 Å². The molecule has 0 saturated carbocycles. The fraction of sp³-hybridized carbons (Fsp3) is 0.227. The van der Waals surface area contributed by atoms with Gasteiger partial charge in [-0.1, -0.05) is 72.0 Å². The highest BCUT2D eigenvalue weighted by atomic mass is 32.1. The highest BCUT2D eigenvalue weighted by Crippen LogP contribution is 2.39. The molecule has 1 unspecified atom stereocenters. The zero-order valence-corrected chi connectivity index (χ0v) is 16.4. The van der Waals surface area contributed by atoms with E-state index in [1.54, 1.807) is 11.9 Å². The van der Waals surface area contributed by atoms with E-state index >= 15 is 0 Å². The van der Waals surface area contributed by atoms with Crippen LogP contribution in [0.3, 0.4) is 0 Å². The molecule has 1 aliphatic rings. The Bertz CT molecular complexity index is 929. The molecule has 1 saturated heterocycles. The minimum absolute atomic E-state index is 0.0143. The van der Waals surface area contributed by atoms with Gasteiger partial charge in [-0.25, -0.2) is 4.98 Å². The summed E-state index contributed by atoms with van der Waals surface area (Å²) in [6.45, 7) is 0.610. The Hall–Kier alpha value is -2.99. The number of nitrogens with zero attached hydrogens (tertiary/aromatic N) is 2. The fourth-order valence-electron chi connectivity index (χ4n) is 3.32. The first-order valence-electron chi connectivity index (χ1n) is 9.28. The van der Waals surface area contributed by atoms with E-state index in [1.165, 1.54) is 11.3 Å². The third-order valence-electron chi connectivity index (χ3n) is 4.97. The second kappa shape index (κ2) is 7.94. The smallest absolute Gasteiger partial charge is 0.229 e. The Kier molecular flexibility index (Phi) is 5.21. The molecule has 3 aromatic rings. The number of thiazole rings is 1. The highest BCUT2D eigenvalue weighted by Gasteiger charge is 2.29. The topological polar surface area (TPSA) is 62.3 Å². The van der Waals surface area contributed by atoms with Crippen LogP contribution in [0.4, 0.5) is 5.13 Å². The number of rotatable bonds is 4. The molecule has 0 bridgehead atoms. The lowest BCUT2D eigenvalue weighted by atomic mass is 9.96. The summed E-state index contributed by atoms with van der Waals surface area (Å²) in [7, 11) is 1.77. The monoisotopic (exact) mass is 391 g/mol. The molecule has 0 radical (unpaired) electrons. The Morgan fingerprint density at radius 2 is 1.71 bits per heavy atom. The summed E-state index contributed by atoms with van der Waals surface area (Å²) in [6.07, 6.45) is 0.932. The fourth-order valence-corrected chi connectivity index (χ4v) is 4.32. The summed E-state index contributed by atoms with van der Waals surface area (Å²) >= 11 is 1.46. The number of likely N-dealkylation sites (tertiary alicyclic amines) is 1. The molecule has 1 aromatic heterocycles. The second-order valence-corrected chi connectivity index (χ2v) is 7.92. The van der Waals surface area contributed by atoms with Crippen LogP contribution in [0.5, 0.6) is 0 Å². The van der Waals surface area contributed by atoms with Gasteiger partial charge in [-0.05, 0) is 12.0 Å². The number of hydrogen-bond donors (Lipinski definition) is 1. The van der Waals surface area contributed by atoms with Crippen molar-refractivity contribution in [3.8, 4) is 21.7 Å². The standard InChI is InChI=1S/C22H21N3O2S/c1-25-13-12-17(14-18(25)26)21(27)24-22-23-19(15-8-4-2-5-9-15)20(28-22)16-10-6-3-7-11-16/h2-11,17H,12-14H2,1H3,(H,23,24,27). The maximum Gasteiger partial charge on any atom is 0.229 e. The number of carbonyl (C=O) groups is 2. The first kappa shape index (κ1) is 18.4. The molecule has 142 valence electrons. The van der Waals surface area contributed by atoms with Crippen LogP contribution in [-0.4, -0.2) is 35.3 Å². The van der Waals surface area contributed by atoms with E-state index in [4.69, 9.17) is 4.98 Å². The van der Waals surface area contributed by atoms with Crippen molar-refractivity contribution in [2.24, 2.45) is 5.92 Å². The number of aromatic nitrogens is 1. The van der Waals surface area contributed by atoms with Gasteiger partial charge in [-0.2, -0.15) is 0 Å². The van der Waals surface area contributed by atoms with E-state index in [9.17, 15) is 9.59 Å². The molecule has 0 spiro atoms. The van der Waals surface area contributed by atoms with Gasteiger partial charge < -0.3 is 10.2 Å². The molecular weight excluding hydrogens is 370 g/mol. The Morgan fingerprint density at radius 1 is 1.07 bits per heavy atom. The summed E-state index contributed by atoms with van der Waals surface area (Å²) in [5.74, 6) is -0.414. The van der Waals surface area contributed by atoms with Gasteiger partial charge in [0.15, 0.2) is 5.13 Å². The van der Waals surface area contributed by atoms with E-state index in [0.29, 0.717) is 18.1 Å². The minimum atomic E-state index is -0.298. The van der Waals surface area contributed by atoms with Crippen molar-refractivity contribution in [1.82, 2.24) is 9.88 Å². The number of nitrogens with one attached hydrogen (secondary N) is 1. The van der Waals surface area contributed by atoms with E-state index < -0.39 is 0 Å². The van der Waals surface area contributed by atoms with Gasteiger partial charge in [-0.3, -0.25) is 9.59 Å². The molecule has 0 aliphatic carbocycles. The average Bonchev–Trinajstić information content (AvgIpc) is 3.15. The van der Waals surface area contributed by atoms with E-state index in [-0.39, 0.29) is 24.2 Å². The third kappa shape index (κ3) is 3.82. The molecule has 6 heteroatoms. The first-order valence-corrected chi connectivity index (χ1v) is 10.1. The van der Waals surface area contributed by atoms with Crippen molar-refractivity contribution < 1.29 is 9.59 Å². The number of benzene rings is 2. The van der Waals surface area contributed by atoms with Crippen LogP contribution in [0.2, 0.25) is 0 Å². The van der Waals surface area contributed by atoms with Crippen LogP contribution < -0.4 is 5.32 Å². The van der Waals surface area contributed by atoms with Crippen molar-refractivity contribution in [1.29, 1.82) is 0 Å². The van der Waals surface area contributed by atoms with Gasteiger partial charge >= 0.3 is 0 Å². The van der Waals surface area contributed by atoms with E-state index in [0.717, 1.165) is 21.7 Å². The van der Waals surface area contributed by atoms with Crippen molar-refractivity contribution in [2.75, 3.05) is 18.9 Å². The number of hydrogen-bond acceptors (Lipinski definition) is 4. The predicted molar refractivity (Wildman–Crippen MR) is 112 cm³/mol. The molecule has 5 nitrogen and oxygen atoms in total. The van der Waals surface area contributed by atoms with Crippen LogP contribution in [0.15, 0.2) is 60.7 Å². The van der Waals surface area contributed by atoms with Crippen molar-refractivity contribution in [3.05, 3.63) is 60.7 Å². The highest BCUT2D eigenvalue weighted by molar-refractivity contribution is 7.19. The van der Waals surface area contributed by atoms with Crippen LogP contribution in [-0.2, 0) is 9.59 Å². The zero-order valence-electron chi connectivity index (χ0n) is 15.6. The number of carbonyl (C=O) groups excluding carboxylic acids is 2. The Balaban J connectivity index is 1.62. The Labute approximate surface area is 168 Å². The normalized spacial score (nSPS) is 16.8. The van der Waals surface area contributed by atoms with Crippen LogP contribution >= 0.6 is 11.3 Å². The van der Waals surface area contributed by atoms with Gasteiger partial charge in [0.1, 0.15) is 0 Å². The minimum Gasteiger partial charge on any atom is -0.346 e. The van der Waals surface area contributed by atoms with Crippen LogP contribution in [0.25, 0.3) is 21.7 Å². The number of anilines is 1. The maximum absolute atomic E-state index is 12.7. The summed E-state index contributed by atoms with van der Waals surface area (Å²) in [5, 5.41) is 3.51. The van der Waals surface area contributed by atoms with Gasteiger partial charge in [0.2, 0.25) is 11.8 Å². The molecule has 2 aromatic carbocycles. The predicted octanol–water partition coefficient (Wildman–Crippen LogP) is 4.28. The SMILES string of the molecule is CN1CCC(C(=O)Nc2nc(-c3ccccc3)c(-c3ccccc3)s2)CC1=O. The lowest BCUT2D eigenvalue weighted by Gasteiger charge is -2.27. The quantitative estimate of drug-likeness (QED) is 0.722. The van der Waals surface area contributed by atoms with Crippen LogP contribution in [0, 0.1) is 5.92 Å². The van der Waals surface area contributed by atoms with Gasteiger partial charge in [0, 0.05) is 31.5 Å². The van der Waals surface area contributed by atoms with Crippen LogP contribution in [0.1, 0.15) is 12.8 Å². The molecule has 1 N–H and O–H groups in total. The zero-order chi connectivity index (χ0) is 19.5. The average molecular weight is 391 g/mol. The summed E-state index contributed by atoms with van der Waals surface area (Å²) in [4.78, 5) is 32.0. The maximum atomic E-state index is 12.7. The molecule has 1 atom stereocenters. The lowest BCUT2D eigenvalue weighted by molar-refractivity contribution is -0.137. The molecule has 28 heavy (non-hydrogen) atoms. The second-order valence-electron chi connectivity index (χ2n) is 6.92. The first-order chi connectivity index (χ1) is 13.6. The molecule has 4 rings (SSSR count).